The molecule has 4 nitrogen and oxygen atoms in total. The van der Waals surface area contributed by atoms with Crippen molar-refractivity contribution in [3.63, 3.8) is 0 Å². The van der Waals surface area contributed by atoms with E-state index in [9.17, 15) is 9.59 Å². The molecule has 0 aliphatic heterocycles. The summed E-state index contributed by atoms with van der Waals surface area (Å²) in [4.78, 5) is 27.9. The van der Waals surface area contributed by atoms with Crippen LogP contribution >= 0.6 is 0 Å². The van der Waals surface area contributed by atoms with Crippen LogP contribution in [0.5, 0.6) is 0 Å². The summed E-state index contributed by atoms with van der Waals surface area (Å²) < 4.78 is 0. The number of allylic oxidation sites excluding steroid dienone is 1. The summed E-state index contributed by atoms with van der Waals surface area (Å²) >= 11 is 0. The van der Waals surface area contributed by atoms with Crippen LogP contribution < -0.4 is 5.32 Å². The van der Waals surface area contributed by atoms with Crippen molar-refractivity contribution in [2.45, 2.75) is 0 Å². The minimum atomic E-state index is -0.504. The lowest BCUT2D eigenvalue weighted by Gasteiger charge is -2.18. The van der Waals surface area contributed by atoms with Crippen LogP contribution in [-0.2, 0) is 4.79 Å². The zero-order valence-electron chi connectivity index (χ0n) is 12.1. The van der Waals surface area contributed by atoms with E-state index in [1.807, 2.05) is 36.4 Å². The Morgan fingerprint density at radius 1 is 0.870 bits per heavy atom. The van der Waals surface area contributed by atoms with Gasteiger partial charge in [-0.05, 0) is 23.6 Å². The van der Waals surface area contributed by atoms with E-state index in [2.05, 4.69) is 10.3 Å². The maximum Gasteiger partial charge on any atom is 0.233 e. The molecular weight excluding hydrogens is 288 g/mol. The molecule has 1 aliphatic rings. The number of aromatic nitrogens is 1. The molecule has 0 unspecified atom stereocenters. The fraction of sp³-hybridized carbons (Fsp3) is 0. The van der Waals surface area contributed by atoms with E-state index in [4.69, 9.17) is 0 Å². The molecule has 2 aromatic carbocycles. The predicted molar refractivity (Wildman–Crippen MR) is 89.1 cm³/mol. The van der Waals surface area contributed by atoms with E-state index in [1.165, 1.54) is 6.08 Å². The Balaban J connectivity index is 1.76. The molecular formula is C19H12N2O2. The Morgan fingerprint density at radius 3 is 2.57 bits per heavy atom. The molecule has 4 rings (SSSR count). The molecule has 0 bridgehead atoms. The molecule has 23 heavy (non-hydrogen) atoms. The molecule has 0 radical (unpaired) electrons. The number of anilines is 1. The number of nitrogens with zero attached hydrogens (tertiary/aromatic N) is 1. The van der Waals surface area contributed by atoms with E-state index in [0.717, 1.165) is 22.0 Å². The largest absolute Gasteiger partial charge is 0.355 e. The maximum atomic E-state index is 12.0. The number of nitrogens with one attached hydrogen (secondary N) is 1. The second kappa shape index (κ2) is 5.18. The Labute approximate surface area is 132 Å². The SMILES string of the molecule is O=C1C=C(Nc2ccc3cnccc3c2)c2ccccc2C1=O. The highest BCUT2D eigenvalue weighted by molar-refractivity contribution is 6.50. The minimum absolute atomic E-state index is 0.437. The van der Waals surface area contributed by atoms with Gasteiger partial charge in [-0.25, -0.2) is 0 Å². The Bertz CT molecular complexity index is 989. The number of benzene rings is 2. The first-order chi connectivity index (χ1) is 11.2. The smallest absolute Gasteiger partial charge is 0.233 e. The van der Waals surface area contributed by atoms with Crippen molar-refractivity contribution in [1.82, 2.24) is 4.98 Å². The van der Waals surface area contributed by atoms with Crippen LogP contribution in [0.2, 0.25) is 0 Å². The van der Waals surface area contributed by atoms with Crippen molar-refractivity contribution in [3.05, 3.63) is 78.1 Å². The number of rotatable bonds is 2. The standard InChI is InChI=1S/C19H12N2O2/c22-18-10-17(15-3-1-2-4-16(15)19(18)23)21-14-6-5-13-11-20-8-7-12(13)9-14/h1-11,21H. The van der Waals surface area contributed by atoms with Gasteiger partial charge in [-0.15, -0.1) is 0 Å². The van der Waals surface area contributed by atoms with Gasteiger partial charge < -0.3 is 5.32 Å². The Kier molecular flexibility index (Phi) is 3.01. The minimum Gasteiger partial charge on any atom is -0.355 e. The monoisotopic (exact) mass is 300 g/mol. The van der Waals surface area contributed by atoms with Crippen LogP contribution in [0.1, 0.15) is 15.9 Å². The number of pyridine rings is 1. The van der Waals surface area contributed by atoms with Crippen molar-refractivity contribution >= 4 is 33.7 Å². The molecule has 0 atom stereocenters. The third kappa shape index (κ3) is 2.30. The average molecular weight is 300 g/mol. The van der Waals surface area contributed by atoms with Crippen LogP contribution in [-0.4, -0.2) is 16.6 Å². The highest BCUT2D eigenvalue weighted by atomic mass is 16.2. The molecule has 110 valence electrons. The van der Waals surface area contributed by atoms with Gasteiger partial charge in [0.15, 0.2) is 0 Å². The highest BCUT2D eigenvalue weighted by Gasteiger charge is 2.25. The summed E-state index contributed by atoms with van der Waals surface area (Å²) in [5, 5.41) is 5.34. The van der Waals surface area contributed by atoms with E-state index >= 15 is 0 Å². The van der Waals surface area contributed by atoms with E-state index in [-0.39, 0.29) is 0 Å². The molecule has 1 heterocycles. The first-order valence-electron chi connectivity index (χ1n) is 7.23. The zero-order valence-corrected chi connectivity index (χ0v) is 12.1. The van der Waals surface area contributed by atoms with Gasteiger partial charge in [0, 0.05) is 40.7 Å². The van der Waals surface area contributed by atoms with Crippen molar-refractivity contribution in [3.8, 4) is 0 Å². The molecule has 1 aliphatic carbocycles. The lowest BCUT2D eigenvalue weighted by atomic mass is 9.92. The lowest BCUT2D eigenvalue weighted by Crippen LogP contribution is -2.20. The van der Waals surface area contributed by atoms with Gasteiger partial charge in [0.25, 0.3) is 0 Å². The number of fused-ring (bicyclic) bond motifs is 2. The summed E-state index contributed by atoms with van der Waals surface area (Å²) in [6.45, 7) is 0. The molecule has 0 fully saturated rings. The first kappa shape index (κ1) is 13.4. The summed E-state index contributed by atoms with van der Waals surface area (Å²) in [7, 11) is 0. The fourth-order valence-corrected chi connectivity index (χ4v) is 2.74. The summed E-state index contributed by atoms with van der Waals surface area (Å²) in [6.07, 6.45) is 4.90. The number of carbonyl (C=O) groups excluding carboxylic acids is 2. The Hall–Kier alpha value is -3.27. The molecule has 0 spiro atoms. The number of ketones is 2. The Morgan fingerprint density at radius 2 is 1.70 bits per heavy atom. The lowest BCUT2D eigenvalue weighted by molar-refractivity contribution is -0.111. The van der Waals surface area contributed by atoms with Gasteiger partial charge >= 0.3 is 0 Å². The van der Waals surface area contributed by atoms with Gasteiger partial charge in [0.1, 0.15) is 0 Å². The second-order valence-corrected chi connectivity index (χ2v) is 5.36. The quantitative estimate of drug-likeness (QED) is 0.736. The average Bonchev–Trinajstić information content (AvgIpc) is 2.59. The summed E-state index contributed by atoms with van der Waals surface area (Å²) in [6, 6.07) is 14.9. The van der Waals surface area contributed by atoms with Gasteiger partial charge in [0.2, 0.25) is 11.6 Å². The van der Waals surface area contributed by atoms with Crippen LogP contribution in [0.4, 0.5) is 5.69 Å². The molecule has 4 heteroatoms. The first-order valence-corrected chi connectivity index (χ1v) is 7.23. The predicted octanol–water partition coefficient (Wildman–Crippen LogP) is 3.45. The van der Waals surface area contributed by atoms with Gasteiger partial charge in [-0.3, -0.25) is 14.6 Å². The second-order valence-electron chi connectivity index (χ2n) is 5.36. The van der Waals surface area contributed by atoms with Crippen LogP contribution in [0, 0.1) is 0 Å². The third-order valence-electron chi connectivity index (χ3n) is 3.88. The molecule has 1 N–H and O–H groups in total. The summed E-state index contributed by atoms with van der Waals surface area (Å²) in [5.41, 5.74) is 2.67. The fourth-order valence-electron chi connectivity index (χ4n) is 2.74. The van der Waals surface area contributed by atoms with Gasteiger partial charge in [-0.1, -0.05) is 30.3 Å². The van der Waals surface area contributed by atoms with Crippen LogP contribution in [0.25, 0.3) is 16.5 Å². The molecule has 3 aromatic rings. The van der Waals surface area contributed by atoms with Crippen molar-refractivity contribution < 1.29 is 9.59 Å². The van der Waals surface area contributed by atoms with Crippen molar-refractivity contribution in [1.29, 1.82) is 0 Å². The number of hydrogen-bond donors (Lipinski definition) is 1. The maximum absolute atomic E-state index is 12.0. The van der Waals surface area contributed by atoms with Crippen molar-refractivity contribution in [2.24, 2.45) is 0 Å². The topological polar surface area (TPSA) is 59.1 Å². The number of Topliss-reactive ketones (excluding diaryl/α,β-unsaturated/α-hetero) is 1. The molecule has 1 aromatic heterocycles. The normalized spacial score (nSPS) is 13.7. The van der Waals surface area contributed by atoms with Gasteiger partial charge in [0.05, 0.1) is 5.70 Å². The highest BCUT2D eigenvalue weighted by Crippen LogP contribution is 2.27. The number of carbonyl (C=O) groups is 2. The molecule has 0 saturated heterocycles. The van der Waals surface area contributed by atoms with Crippen LogP contribution in [0.15, 0.2) is 67.0 Å². The van der Waals surface area contributed by atoms with E-state index < -0.39 is 11.6 Å². The molecule has 0 amide bonds. The number of hydrogen-bond acceptors (Lipinski definition) is 4. The van der Waals surface area contributed by atoms with Crippen molar-refractivity contribution in [2.75, 3.05) is 5.32 Å². The van der Waals surface area contributed by atoms with E-state index in [1.54, 1.807) is 24.5 Å². The van der Waals surface area contributed by atoms with Gasteiger partial charge in [-0.2, -0.15) is 0 Å². The third-order valence-corrected chi connectivity index (χ3v) is 3.88. The molecule has 0 saturated carbocycles. The van der Waals surface area contributed by atoms with E-state index in [0.29, 0.717) is 11.3 Å². The summed E-state index contributed by atoms with van der Waals surface area (Å²) in [5.74, 6) is -0.966. The van der Waals surface area contributed by atoms with Crippen LogP contribution in [0.3, 0.4) is 0 Å². The zero-order chi connectivity index (χ0) is 15.8.